The summed E-state index contributed by atoms with van der Waals surface area (Å²) in [4.78, 5) is 0. The number of hydrogen-bond acceptors (Lipinski definition) is 3. The number of thioether (sulfide) groups is 1. The molecule has 0 rings (SSSR count). The third-order valence-electron chi connectivity index (χ3n) is 1.36. The van der Waals surface area contributed by atoms with Crippen LogP contribution in [0.5, 0.6) is 0 Å². The zero-order chi connectivity index (χ0) is 10.5. The molecule has 0 heterocycles. The number of nitriles is 1. The average Bonchev–Trinajstić information content (AvgIpc) is 2.02. The zero-order valence-corrected chi connectivity index (χ0v) is 7.82. The lowest BCUT2D eigenvalue weighted by Crippen LogP contribution is -2.24. The highest BCUT2D eigenvalue weighted by Crippen LogP contribution is 2.29. The van der Waals surface area contributed by atoms with Crippen LogP contribution in [0.1, 0.15) is 6.92 Å². The predicted octanol–water partition coefficient (Wildman–Crippen LogP) is 1.80. The van der Waals surface area contributed by atoms with Gasteiger partial charge < -0.3 is 5.11 Å². The van der Waals surface area contributed by atoms with Gasteiger partial charge in [-0.1, -0.05) is 6.92 Å². The molecule has 0 aliphatic carbocycles. The normalized spacial score (nSPS) is 16.3. The number of halogens is 3. The summed E-state index contributed by atoms with van der Waals surface area (Å²) in [5, 5.41) is 16.5. The first-order valence-electron chi connectivity index (χ1n) is 3.60. The minimum Gasteiger partial charge on any atom is -0.395 e. The molecular formula is C7H10F3NOS. The van der Waals surface area contributed by atoms with E-state index in [1.807, 2.05) is 0 Å². The number of rotatable bonds is 4. The minimum atomic E-state index is -4.46. The third kappa shape index (κ3) is 5.01. The smallest absolute Gasteiger partial charge is 0.395 e. The molecule has 13 heavy (non-hydrogen) atoms. The molecule has 6 heteroatoms. The van der Waals surface area contributed by atoms with Crippen molar-refractivity contribution in [2.75, 3.05) is 12.4 Å². The highest BCUT2D eigenvalue weighted by molar-refractivity contribution is 7.99. The molecule has 0 amide bonds. The van der Waals surface area contributed by atoms with Gasteiger partial charge in [0.1, 0.15) is 0 Å². The van der Waals surface area contributed by atoms with Crippen LogP contribution in [-0.4, -0.2) is 28.9 Å². The molecule has 0 aromatic heterocycles. The summed E-state index contributed by atoms with van der Waals surface area (Å²) in [6.07, 6.45) is -4.46. The topological polar surface area (TPSA) is 44.0 Å². The maximum atomic E-state index is 12.0. The minimum absolute atomic E-state index is 0.180. The van der Waals surface area contributed by atoms with Crippen LogP contribution in [-0.2, 0) is 0 Å². The van der Waals surface area contributed by atoms with Gasteiger partial charge in [-0.2, -0.15) is 30.2 Å². The van der Waals surface area contributed by atoms with Crippen molar-refractivity contribution >= 4 is 11.8 Å². The monoisotopic (exact) mass is 213 g/mol. The summed E-state index contributed by atoms with van der Waals surface area (Å²) in [5.41, 5.74) is 0. The van der Waals surface area contributed by atoms with Crippen molar-refractivity contribution in [3.63, 3.8) is 0 Å². The molecule has 0 bridgehead atoms. The second-order valence-corrected chi connectivity index (χ2v) is 4.02. The van der Waals surface area contributed by atoms with Crippen molar-refractivity contribution < 1.29 is 18.3 Å². The van der Waals surface area contributed by atoms with E-state index in [0.717, 1.165) is 11.8 Å². The Morgan fingerprint density at radius 3 is 2.38 bits per heavy atom. The fourth-order valence-corrected chi connectivity index (χ4v) is 1.41. The number of aliphatic hydroxyl groups is 1. The van der Waals surface area contributed by atoms with Gasteiger partial charge in [-0.3, -0.25) is 0 Å². The molecule has 2 atom stereocenters. The number of nitrogens with zero attached hydrogens (tertiary/aromatic N) is 1. The van der Waals surface area contributed by atoms with Crippen LogP contribution in [0.15, 0.2) is 0 Å². The van der Waals surface area contributed by atoms with Gasteiger partial charge in [-0.25, -0.2) is 0 Å². The third-order valence-corrected chi connectivity index (χ3v) is 2.60. The molecular weight excluding hydrogens is 203 g/mol. The van der Waals surface area contributed by atoms with Gasteiger partial charge in [0.2, 0.25) is 0 Å². The zero-order valence-electron chi connectivity index (χ0n) is 7.01. The van der Waals surface area contributed by atoms with Crippen LogP contribution >= 0.6 is 11.8 Å². The Labute approximate surface area is 78.7 Å². The summed E-state index contributed by atoms with van der Waals surface area (Å²) in [6, 6.07) is 1.19. The highest BCUT2D eigenvalue weighted by atomic mass is 32.2. The Balaban J connectivity index is 3.96. The first-order valence-corrected chi connectivity index (χ1v) is 4.65. The van der Waals surface area contributed by atoms with Crippen LogP contribution < -0.4 is 0 Å². The van der Waals surface area contributed by atoms with E-state index < -0.39 is 12.1 Å². The van der Waals surface area contributed by atoms with Crippen molar-refractivity contribution in [3.05, 3.63) is 0 Å². The Morgan fingerprint density at radius 1 is 1.54 bits per heavy atom. The quantitative estimate of drug-likeness (QED) is 0.774. The molecule has 0 aliphatic rings. The van der Waals surface area contributed by atoms with Crippen LogP contribution in [0.2, 0.25) is 0 Å². The number of aliphatic hydroxyl groups excluding tert-OH is 1. The van der Waals surface area contributed by atoms with Crippen molar-refractivity contribution in [2.45, 2.75) is 18.3 Å². The molecule has 2 nitrogen and oxygen atoms in total. The standard InChI is InChI=1S/C7H10F3NOS/c1-5(3-12)13-4-6(2-11)7(8,9)10/h5-6,12H,3-4H2,1H3. The second kappa shape index (κ2) is 5.35. The largest absolute Gasteiger partial charge is 0.405 e. The fraction of sp³-hybridized carbons (Fsp3) is 0.857. The first-order chi connectivity index (χ1) is 5.91. The highest BCUT2D eigenvalue weighted by Gasteiger charge is 2.39. The van der Waals surface area contributed by atoms with E-state index in [4.69, 9.17) is 10.4 Å². The summed E-state index contributed by atoms with van der Waals surface area (Å²) in [5.74, 6) is -2.26. The lowest BCUT2D eigenvalue weighted by atomic mass is 10.2. The number of hydrogen-bond donors (Lipinski definition) is 1. The molecule has 0 spiro atoms. The molecule has 76 valence electrons. The van der Waals surface area contributed by atoms with E-state index in [9.17, 15) is 13.2 Å². The maximum Gasteiger partial charge on any atom is 0.405 e. The van der Waals surface area contributed by atoms with E-state index >= 15 is 0 Å². The Kier molecular flexibility index (Phi) is 5.18. The average molecular weight is 213 g/mol. The fourth-order valence-electron chi connectivity index (χ4n) is 0.518. The second-order valence-electron chi connectivity index (χ2n) is 2.55. The Morgan fingerprint density at radius 2 is 2.08 bits per heavy atom. The van der Waals surface area contributed by atoms with Gasteiger partial charge in [0.05, 0.1) is 12.7 Å². The SMILES string of the molecule is CC(CO)SCC(C#N)C(F)(F)F. The molecule has 1 N–H and O–H groups in total. The van der Waals surface area contributed by atoms with E-state index in [1.165, 1.54) is 6.07 Å². The molecule has 0 aliphatic heterocycles. The summed E-state index contributed by atoms with van der Waals surface area (Å²) in [6.45, 7) is 1.43. The molecule has 0 saturated heterocycles. The van der Waals surface area contributed by atoms with Crippen LogP contribution in [0, 0.1) is 17.2 Å². The molecule has 0 aromatic carbocycles. The lowest BCUT2D eigenvalue weighted by Gasteiger charge is -2.14. The van der Waals surface area contributed by atoms with Crippen LogP contribution in [0.3, 0.4) is 0 Å². The first kappa shape index (κ1) is 12.6. The van der Waals surface area contributed by atoms with Crippen molar-refractivity contribution in [3.8, 4) is 6.07 Å². The maximum absolute atomic E-state index is 12.0. The molecule has 0 radical (unpaired) electrons. The summed E-state index contributed by atoms with van der Waals surface area (Å²) in [7, 11) is 0. The lowest BCUT2D eigenvalue weighted by molar-refractivity contribution is -0.152. The predicted molar refractivity (Wildman–Crippen MR) is 44.2 cm³/mol. The van der Waals surface area contributed by atoms with Gasteiger partial charge in [0.25, 0.3) is 0 Å². The number of alkyl halides is 3. The van der Waals surface area contributed by atoms with Crippen molar-refractivity contribution in [2.24, 2.45) is 5.92 Å². The van der Waals surface area contributed by atoms with E-state index in [0.29, 0.717) is 0 Å². The summed E-state index contributed by atoms with van der Waals surface area (Å²) >= 11 is 0.943. The molecule has 0 aromatic rings. The molecule has 2 unspecified atom stereocenters. The van der Waals surface area contributed by atoms with Gasteiger partial charge in [-0.15, -0.1) is 0 Å². The van der Waals surface area contributed by atoms with Crippen molar-refractivity contribution in [1.82, 2.24) is 0 Å². The molecule has 0 fully saturated rings. The Bertz CT molecular complexity index is 189. The van der Waals surface area contributed by atoms with Gasteiger partial charge in [-0.05, 0) is 0 Å². The van der Waals surface area contributed by atoms with Gasteiger partial charge in [0, 0.05) is 11.0 Å². The van der Waals surface area contributed by atoms with Crippen molar-refractivity contribution in [1.29, 1.82) is 5.26 Å². The van der Waals surface area contributed by atoms with E-state index in [1.54, 1.807) is 6.92 Å². The summed E-state index contributed by atoms with van der Waals surface area (Å²) < 4.78 is 35.9. The van der Waals surface area contributed by atoms with E-state index in [2.05, 4.69) is 0 Å². The molecule has 0 saturated carbocycles. The Hall–Kier alpha value is -0.410. The van der Waals surface area contributed by atoms with Gasteiger partial charge >= 0.3 is 6.18 Å². The van der Waals surface area contributed by atoms with Crippen LogP contribution in [0.25, 0.3) is 0 Å². The van der Waals surface area contributed by atoms with Crippen LogP contribution in [0.4, 0.5) is 13.2 Å². The van der Waals surface area contributed by atoms with Gasteiger partial charge in [0.15, 0.2) is 5.92 Å². The van der Waals surface area contributed by atoms with E-state index in [-0.39, 0.29) is 17.6 Å².